The molecule has 0 amide bonds. The minimum absolute atomic E-state index is 0.168. The van der Waals surface area contributed by atoms with Crippen molar-refractivity contribution in [1.29, 1.82) is 0 Å². The molecule has 0 aliphatic carbocycles. The number of fused-ring (bicyclic) bond motifs is 2. The highest BCUT2D eigenvalue weighted by atomic mass is 32.2. The van der Waals surface area contributed by atoms with E-state index < -0.39 is 23.9 Å². The Hall–Kier alpha value is -2.95. The number of benzene rings is 2. The quantitative estimate of drug-likeness (QED) is 0.266. The number of carbonyl (C=O) groups is 1. The summed E-state index contributed by atoms with van der Waals surface area (Å²) in [7, 11) is 0. The van der Waals surface area contributed by atoms with E-state index in [0.717, 1.165) is 33.8 Å². The predicted molar refractivity (Wildman–Crippen MR) is 114 cm³/mol. The van der Waals surface area contributed by atoms with Crippen molar-refractivity contribution in [2.45, 2.75) is 15.9 Å². The molecule has 1 aliphatic heterocycles. The molecule has 5 rings (SSSR count). The van der Waals surface area contributed by atoms with Crippen molar-refractivity contribution < 1.29 is 19.7 Å². The Kier molecular flexibility index (Phi) is 4.69. The number of carbonyl (C=O) groups excluding carboxylic acids is 1. The molecule has 0 saturated heterocycles. The molecule has 0 saturated carbocycles. The summed E-state index contributed by atoms with van der Waals surface area (Å²) in [5.74, 6) is -1.21. The Labute approximate surface area is 178 Å². The van der Waals surface area contributed by atoms with Crippen LogP contribution in [0.1, 0.15) is 0 Å². The molecule has 3 heterocycles. The van der Waals surface area contributed by atoms with Gasteiger partial charge in [0.25, 0.3) is 0 Å². The highest BCUT2D eigenvalue weighted by Crippen LogP contribution is 2.44. The fourth-order valence-corrected chi connectivity index (χ4v) is 5.37. The van der Waals surface area contributed by atoms with Crippen molar-refractivity contribution >= 4 is 51.6 Å². The molecule has 4 aromatic rings. The smallest absolute Gasteiger partial charge is 0.375 e. The minimum atomic E-state index is -1.39. The first-order valence-electron chi connectivity index (χ1n) is 9.06. The van der Waals surface area contributed by atoms with Gasteiger partial charge in [-0.3, -0.25) is 0 Å². The van der Waals surface area contributed by atoms with Crippen molar-refractivity contribution in [1.82, 2.24) is 19.9 Å². The van der Waals surface area contributed by atoms with Gasteiger partial charge in [0.1, 0.15) is 0 Å². The van der Waals surface area contributed by atoms with E-state index in [2.05, 4.69) is 19.9 Å². The van der Waals surface area contributed by atoms with E-state index in [-0.39, 0.29) is 10.7 Å². The van der Waals surface area contributed by atoms with E-state index in [1.807, 2.05) is 48.5 Å². The molecule has 2 aromatic carbocycles. The number of aliphatic hydroxyl groups excluding tert-OH is 2. The van der Waals surface area contributed by atoms with Gasteiger partial charge >= 0.3 is 5.97 Å². The zero-order chi connectivity index (χ0) is 20.7. The Bertz CT molecular complexity index is 1230. The van der Waals surface area contributed by atoms with Crippen LogP contribution in [0.15, 0.2) is 69.5 Å². The molecule has 4 N–H and O–H groups in total. The number of rotatable bonds is 6. The summed E-state index contributed by atoms with van der Waals surface area (Å²) < 4.78 is 5.43. The average molecular weight is 441 g/mol. The fraction of sp³-hybridized carbons (Fsp3) is 0.150. The van der Waals surface area contributed by atoms with Crippen molar-refractivity contribution in [2.75, 3.05) is 12.4 Å². The number of hydrogen-bond donors (Lipinski definition) is 4. The molecule has 1 unspecified atom stereocenters. The molecular weight excluding hydrogens is 424 g/mol. The lowest BCUT2D eigenvalue weighted by Gasteiger charge is -2.26. The molecule has 30 heavy (non-hydrogen) atoms. The summed E-state index contributed by atoms with van der Waals surface area (Å²) in [6.45, 7) is -0.488. The monoisotopic (exact) mass is 440 g/mol. The number of aromatic nitrogens is 4. The van der Waals surface area contributed by atoms with Gasteiger partial charge in [-0.1, -0.05) is 36.0 Å². The Balaban J connectivity index is 1.43. The number of thioether (sulfide) groups is 2. The van der Waals surface area contributed by atoms with E-state index in [0.29, 0.717) is 10.3 Å². The van der Waals surface area contributed by atoms with Crippen LogP contribution in [0.2, 0.25) is 0 Å². The largest absolute Gasteiger partial charge is 0.501 e. The van der Waals surface area contributed by atoms with Crippen LogP contribution in [0.25, 0.3) is 22.1 Å². The highest BCUT2D eigenvalue weighted by molar-refractivity contribution is 8.03. The molecule has 0 spiro atoms. The van der Waals surface area contributed by atoms with Gasteiger partial charge in [-0.15, -0.1) is 0 Å². The minimum Gasteiger partial charge on any atom is -0.501 e. The van der Waals surface area contributed by atoms with E-state index >= 15 is 0 Å². The summed E-state index contributed by atoms with van der Waals surface area (Å²) >= 11 is 2.37. The highest BCUT2D eigenvalue weighted by Gasteiger charge is 2.49. The molecule has 2 aromatic heterocycles. The number of nitrogens with one attached hydrogen (secondary N) is 2. The van der Waals surface area contributed by atoms with E-state index in [1.54, 1.807) is 0 Å². The van der Waals surface area contributed by atoms with Crippen molar-refractivity contribution in [3.63, 3.8) is 0 Å². The van der Waals surface area contributed by atoms with Crippen LogP contribution >= 0.6 is 23.5 Å². The number of cyclic esters (lactones) is 1. The van der Waals surface area contributed by atoms with Gasteiger partial charge in [0.05, 0.1) is 33.6 Å². The number of esters is 1. The molecule has 1 aliphatic rings. The zero-order valence-corrected chi connectivity index (χ0v) is 17.1. The third kappa shape index (κ3) is 3.22. The second-order valence-electron chi connectivity index (χ2n) is 6.73. The Morgan fingerprint density at radius 1 is 0.967 bits per heavy atom. The van der Waals surface area contributed by atoms with Crippen LogP contribution in [0.4, 0.5) is 0 Å². The van der Waals surface area contributed by atoms with Crippen molar-refractivity contribution in [2.24, 2.45) is 0 Å². The number of H-pyrrole nitrogens is 2. The van der Waals surface area contributed by atoms with Gasteiger partial charge in [-0.05, 0) is 36.0 Å². The molecular formula is C20H16N4O4S2. The number of aromatic amines is 2. The third-order valence-corrected chi connectivity index (χ3v) is 6.98. The van der Waals surface area contributed by atoms with Crippen LogP contribution in [0, 0.1) is 0 Å². The average Bonchev–Trinajstić information content (AvgIpc) is 3.42. The molecule has 0 fully saturated rings. The van der Waals surface area contributed by atoms with Crippen LogP contribution in [0.3, 0.4) is 0 Å². The molecule has 0 bridgehead atoms. The van der Waals surface area contributed by atoms with Gasteiger partial charge in [0, 0.05) is 5.75 Å². The zero-order valence-electron chi connectivity index (χ0n) is 15.5. The van der Waals surface area contributed by atoms with Crippen LogP contribution < -0.4 is 0 Å². The lowest BCUT2D eigenvalue weighted by atomic mass is 10.1. The Morgan fingerprint density at radius 3 is 2.20 bits per heavy atom. The number of para-hydroxylation sites is 4. The molecule has 0 radical (unpaired) electrons. The standard InChI is InChI=1S/C20H16N4O4S2/c25-9-20(10-29-18-21-11-5-1-2-6-12(11)22-18)16(15(26)17(27)28-20)30-19-23-13-7-3-4-8-14(13)24-19/h1-8,25-26H,9-10H2,(H,21,22)(H,23,24). The third-order valence-electron chi connectivity index (χ3n) is 4.74. The first kappa shape index (κ1) is 19.0. The maximum atomic E-state index is 12.2. The Morgan fingerprint density at radius 2 is 1.57 bits per heavy atom. The predicted octanol–water partition coefficient (Wildman–Crippen LogP) is 3.38. The van der Waals surface area contributed by atoms with Gasteiger partial charge in [-0.25, -0.2) is 14.8 Å². The van der Waals surface area contributed by atoms with Gasteiger partial charge in [-0.2, -0.15) is 0 Å². The second kappa shape index (κ2) is 7.38. The molecule has 152 valence electrons. The maximum absolute atomic E-state index is 12.2. The normalized spacial score (nSPS) is 19.2. The van der Waals surface area contributed by atoms with Crippen molar-refractivity contribution in [3.05, 3.63) is 59.2 Å². The number of aliphatic hydroxyl groups is 2. The van der Waals surface area contributed by atoms with Gasteiger partial charge < -0.3 is 24.9 Å². The number of hydrogen-bond acceptors (Lipinski definition) is 8. The van der Waals surface area contributed by atoms with Crippen molar-refractivity contribution in [3.8, 4) is 0 Å². The summed E-state index contributed by atoms with van der Waals surface area (Å²) in [6, 6.07) is 15.1. The number of imidazole rings is 2. The lowest BCUT2D eigenvalue weighted by Crippen LogP contribution is -2.38. The van der Waals surface area contributed by atoms with E-state index in [4.69, 9.17) is 4.74 Å². The summed E-state index contributed by atoms with van der Waals surface area (Å²) in [6.07, 6.45) is 0. The van der Waals surface area contributed by atoms with Crippen LogP contribution in [0.5, 0.6) is 0 Å². The van der Waals surface area contributed by atoms with Crippen LogP contribution in [-0.4, -0.2) is 54.1 Å². The second-order valence-corrected chi connectivity index (χ2v) is 8.69. The van der Waals surface area contributed by atoms with E-state index in [1.165, 1.54) is 11.8 Å². The number of nitrogens with zero attached hydrogens (tertiary/aromatic N) is 2. The van der Waals surface area contributed by atoms with E-state index in [9.17, 15) is 15.0 Å². The molecule has 10 heteroatoms. The number of ether oxygens (including phenoxy) is 1. The fourth-order valence-electron chi connectivity index (χ4n) is 3.22. The van der Waals surface area contributed by atoms with Gasteiger partial charge in [0.15, 0.2) is 15.9 Å². The summed E-state index contributed by atoms with van der Waals surface area (Å²) in [5, 5.41) is 21.6. The summed E-state index contributed by atoms with van der Waals surface area (Å²) in [4.78, 5) is 27.7. The first-order valence-corrected chi connectivity index (χ1v) is 10.9. The van der Waals surface area contributed by atoms with Crippen LogP contribution in [-0.2, 0) is 9.53 Å². The molecule has 8 nitrogen and oxygen atoms in total. The topological polar surface area (TPSA) is 124 Å². The first-order chi connectivity index (χ1) is 14.6. The lowest BCUT2D eigenvalue weighted by molar-refractivity contribution is -0.149. The van der Waals surface area contributed by atoms with Gasteiger partial charge in [0.2, 0.25) is 5.76 Å². The SMILES string of the molecule is O=C1OC(CO)(CSc2nc3ccccc3[nH]2)C(Sc2nc3ccccc3[nH]2)=C1O. The summed E-state index contributed by atoms with van der Waals surface area (Å²) in [5.41, 5.74) is 1.90. The molecule has 1 atom stereocenters. The maximum Gasteiger partial charge on any atom is 0.375 e.